The van der Waals surface area contributed by atoms with Crippen molar-refractivity contribution in [1.29, 1.82) is 5.26 Å². The maximum atomic E-state index is 12.7. The van der Waals surface area contributed by atoms with Crippen molar-refractivity contribution in [2.75, 3.05) is 0 Å². The van der Waals surface area contributed by atoms with Gasteiger partial charge in [0.25, 0.3) is 0 Å². The van der Waals surface area contributed by atoms with E-state index in [2.05, 4.69) is 11.8 Å². The topological polar surface area (TPSA) is 61.1 Å². The molecule has 0 aliphatic rings. The molecule has 0 fully saturated rings. The van der Waals surface area contributed by atoms with Crippen LogP contribution in [0.4, 0.5) is 13.2 Å². The number of nitriles is 1. The van der Waals surface area contributed by atoms with E-state index in [1.807, 2.05) is 0 Å². The summed E-state index contributed by atoms with van der Waals surface area (Å²) in [5.74, 6) is 3.01. The van der Waals surface area contributed by atoms with Crippen LogP contribution in [0.2, 0.25) is 0 Å². The molecular formula is C12H6F3NO2. The predicted octanol–water partition coefficient (Wildman–Crippen LogP) is 2.67. The highest BCUT2D eigenvalue weighted by Gasteiger charge is 2.33. The molecule has 0 heterocycles. The molecule has 0 aliphatic heterocycles. The van der Waals surface area contributed by atoms with Crippen LogP contribution < -0.4 is 0 Å². The van der Waals surface area contributed by atoms with Crippen LogP contribution in [0.15, 0.2) is 18.2 Å². The van der Waals surface area contributed by atoms with Crippen LogP contribution in [0.1, 0.15) is 27.9 Å². The number of carbonyl (C=O) groups is 1. The number of halogens is 3. The van der Waals surface area contributed by atoms with Crippen LogP contribution in [-0.4, -0.2) is 11.1 Å². The Bertz CT molecular complexity index is 574. The fourth-order valence-corrected chi connectivity index (χ4v) is 1.20. The highest BCUT2D eigenvalue weighted by Crippen LogP contribution is 2.32. The summed E-state index contributed by atoms with van der Waals surface area (Å²) >= 11 is 0. The van der Waals surface area contributed by atoms with Gasteiger partial charge in [0.15, 0.2) is 0 Å². The predicted molar refractivity (Wildman–Crippen MR) is 55.5 cm³/mol. The quantitative estimate of drug-likeness (QED) is 0.782. The number of carboxylic acid groups (broad SMARTS) is 1. The molecule has 0 saturated heterocycles. The van der Waals surface area contributed by atoms with Crippen LogP contribution >= 0.6 is 0 Å². The van der Waals surface area contributed by atoms with Crippen LogP contribution in [0.5, 0.6) is 0 Å². The van der Waals surface area contributed by atoms with Gasteiger partial charge in [-0.2, -0.15) is 18.4 Å². The maximum Gasteiger partial charge on any atom is 0.417 e. The minimum absolute atomic E-state index is 0.196. The monoisotopic (exact) mass is 253 g/mol. The van der Waals surface area contributed by atoms with Gasteiger partial charge < -0.3 is 5.11 Å². The first-order chi connectivity index (χ1) is 8.36. The number of alkyl halides is 3. The minimum Gasteiger partial charge on any atom is -0.478 e. The summed E-state index contributed by atoms with van der Waals surface area (Å²) in [7, 11) is 0. The van der Waals surface area contributed by atoms with E-state index in [4.69, 9.17) is 10.4 Å². The van der Waals surface area contributed by atoms with Crippen molar-refractivity contribution in [3.63, 3.8) is 0 Å². The van der Waals surface area contributed by atoms with Gasteiger partial charge in [-0.3, -0.25) is 0 Å². The number of carboxylic acids is 1. The molecule has 92 valence electrons. The molecule has 0 radical (unpaired) electrons. The molecule has 0 bridgehead atoms. The fraction of sp³-hybridized carbons (Fsp3) is 0.167. The zero-order valence-electron chi connectivity index (χ0n) is 8.88. The van der Waals surface area contributed by atoms with Crippen molar-refractivity contribution in [2.45, 2.75) is 12.6 Å². The first kappa shape index (κ1) is 13.6. The molecule has 6 heteroatoms. The molecule has 0 unspecified atom stereocenters. The first-order valence-corrected chi connectivity index (χ1v) is 4.66. The summed E-state index contributed by atoms with van der Waals surface area (Å²) in [6.45, 7) is 0. The minimum atomic E-state index is -4.69. The number of nitrogens with zero attached hydrogens (tertiary/aromatic N) is 1. The smallest absolute Gasteiger partial charge is 0.417 e. The first-order valence-electron chi connectivity index (χ1n) is 4.66. The average Bonchev–Trinajstić information content (AvgIpc) is 2.28. The number of rotatable bonds is 1. The Morgan fingerprint density at radius 2 is 2.06 bits per heavy atom. The van der Waals surface area contributed by atoms with E-state index in [1.165, 1.54) is 0 Å². The number of benzene rings is 1. The molecule has 1 aromatic carbocycles. The summed E-state index contributed by atoms with van der Waals surface area (Å²) < 4.78 is 38.0. The Hall–Kier alpha value is -2.47. The van der Waals surface area contributed by atoms with Gasteiger partial charge in [-0.25, -0.2) is 4.79 Å². The largest absolute Gasteiger partial charge is 0.478 e. The van der Waals surface area contributed by atoms with Gasteiger partial charge >= 0.3 is 12.1 Å². The van der Waals surface area contributed by atoms with Crippen molar-refractivity contribution < 1.29 is 23.1 Å². The normalized spacial score (nSPS) is 10.1. The third-order valence-electron chi connectivity index (χ3n) is 1.96. The Labute approximate surface area is 100 Å². The van der Waals surface area contributed by atoms with Crippen LogP contribution in [-0.2, 0) is 6.18 Å². The molecule has 0 saturated carbocycles. The lowest BCUT2D eigenvalue weighted by Gasteiger charge is -2.09. The van der Waals surface area contributed by atoms with Crippen LogP contribution in [0.3, 0.4) is 0 Å². The number of hydrogen-bond donors (Lipinski definition) is 1. The molecule has 0 amide bonds. The van der Waals surface area contributed by atoms with E-state index in [1.54, 1.807) is 6.07 Å². The van der Waals surface area contributed by atoms with Gasteiger partial charge in [0, 0.05) is 5.56 Å². The van der Waals surface area contributed by atoms with Crippen LogP contribution in [0.25, 0.3) is 0 Å². The summed E-state index contributed by atoms with van der Waals surface area (Å²) in [6, 6.07) is 4.22. The van der Waals surface area contributed by atoms with E-state index >= 15 is 0 Å². The molecule has 18 heavy (non-hydrogen) atoms. The van der Waals surface area contributed by atoms with Gasteiger partial charge in [0.1, 0.15) is 0 Å². The van der Waals surface area contributed by atoms with Gasteiger partial charge in [0.2, 0.25) is 0 Å². The van der Waals surface area contributed by atoms with Gasteiger partial charge in [-0.1, -0.05) is 11.8 Å². The van der Waals surface area contributed by atoms with Crippen molar-refractivity contribution in [2.24, 2.45) is 0 Å². The standard InChI is InChI=1S/C12H6F3NO2/c13-12(14,15)10-7-9(11(17)18)5-4-8(10)3-1-2-6-16/h4-5,7H,2H2,(H,17,18). The van der Waals surface area contributed by atoms with Gasteiger partial charge in [-0.15, -0.1) is 0 Å². The molecule has 0 aromatic heterocycles. The summed E-state index contributed by atoms with van der Waals surface area (Å²) in [5.41, 5.74) is -1.93. The molecule has 1 rings (SSSR count). The molecule has 0 aliphatic carbocycles. The summed E-state index contributed by atoms with van der Waals surface area (Å²) in [5, 5.41) is 16.9. The van der Waals surface area contributed by atoms with E-state index in [9.17, 15) is 18.0 Å². The average molecular weight is 253 g/mol. The lowest BCUT2D eigenvalue weighted by Crippen LogP contribution is -2.10. The van der Waals surface area contributed by atoms with Crippen molar-refractivity contribution in [3.8, 4) is 17.9 Å². The van der Waals surface area contributed by atoms with Crippen molar-refractivity contribution in [1.82, 2.24) is 0 Å². The lowest BCUT2D eigenvalue weighted by molar-refractivity contribution is -0.137. The van der Waals surface area contributed by atoms with E-state index in [-0.39, 0.29) is 12.0 Å². The highest BCUT2D eigenvalue weighted by molar-refractivity contribution is 5.88. The van der Waals surface area contributed by atoms with E-state index in [0.29, 0.717) is 6.07 Å². The Morgan fingerprint density at radius 3 is 2.56 bits per heavy atom. The molecule has 3 nitrogen and oxygen atoms in total. The van der Waals surface area contributed by atoms with Crippen molar-refractivity contribution >= 4 is 5.97 Å². The zero-order chi connectivity index (χ0) is 13.8. The third kappa shape index (κ3) is 3.26. The van der Waals surface area contributed by atoms with E-state index < -0.39 is 23.3 Å². The van der Waals surface area contributed by atoms with Crippen molar-refractivity contribution in [3.05, 3.63) is 34.9 Å². The maximum absolute atomic E-state index is 12.7. The Balaban J connectivity index is 3.33. The molecule has 0 spiro atoms. The molecule has 0 atom stereocenters. The SMILES string of the molecule is N#CCC#Cc1ccc(C(=O)O)cc1C(F)(F)F. The van der Waals surface area contributed by atoms with E-state index in [0.717, 1.165) is 12.1 Å². The van der Waals surface area contributed by atoms with Gasteiger partial charge in [-0.05, 0) is 18.2 Å². The Morgan fingerprint density at radius 1 is 1.39 bits per heavy atom. The van der Waals surface area contributed by atoms with Gasteiger partial charge in [0.05, 0.1) is 23.6 Å². The lowest BCUT2D eigenvalue weighted by atomic mass is 10.0. The van der Waals surface area contributed by atoms with Crippen LogP contribution in [0, 0.1) is 23.2 Å². The number of aromatic carboxylic acids is 1. The second kappa shape index (κ2) is 5.24. The highest BCUT2D eigenvalue weighted by atomic mass is 19.4. The second-order valence-corrected chi connectivity index (χ2v) is 3.20. The molecule has 1 aromatic rings. The second-order valence-electron chi connectivity index (χ2n) is 3.20. The number of hydrogen-bond acceptors (Lipinski definition) is 2. The molecular weight excluding hydrogens is 247 g/mol. The summed E-state index contributed by atoms with van der Waals surface area (Å²) in [6.07, 6.45) is -4.89. The third-order valence-corrected chi connectivity index (χ3v) is 1.96. The molecule has 1 N–H and O–H groups in total. The fourth-order valence-electron chi connectivity index (χ4n) is 1.20. The Kier molecular flexibility index (Phi) is 3.96. The summed E-state index contributed by atoms with van der Waals surface area (Å²) in [4.78, 5) is 10.6. The zero-order valence-corrected chi connectivity index (χ0v) is 8.88.